The summed E-state index contributed by atoms with van der Waals surface area (Å²) in [4.78, 5) is 41.2. The zero-order valence-corrected chi connectivity index (χ0v) is 21.3. The number of fused-ring (bicyclic) bond motifs is 3. The quantitative estimate of drug-likeness (QED) is 0.605. The number of methoxy groups -OCH3 is 1. The molecule has 8 nitrogen and oxygen atoms in total. The summed E-state index contributed by atoms with van der Waals surface area (Å²) in [5.41, 5.74) is 3.17. The van der Waals surface area contributed by atoms with E-state index in [1.54, 1.807) is 4.90 Å². The number of carbonyl (C=O) groups excluding carboxylic acids is 2. The second-order valence-electron chi connectivity index (χ2n) is 10.5. The van der Waals surface area contributed by atoms with Crippen LogP contribution in [0.5, 0.6) is 0 Å². The van der Waals surface area contributed by atoms with E-state index in [0.29, 0.717) is 25.9 Å². The number of carboxylic acids is 1. The van der Waals surface area contributed by atoms with E-state index in [2.05, 4.69) is 0 Å². The molecule has 0 saturated carbocycles. The molecule has 2 aromatic rings. The fourth-order valence-electron chi connectivity index (χ4n) is 5.27. The van der Waals surface area contributed by atoms with Gasteiger partial charge < -0.3 is 19.5 Å². The Bertz CT molecular complexity index is 1090. The fourth-order valence-corrected chi connectivity index (χ4v) is 5.27. The molecule has 1 atom stereocenters. The highest BCUT2D eigenvalue weighted by molar-refractivity contribution is 5.85. The predicted octanol–water partition coefficient (Wildman–Crippen LogP) is 5.32. The minimum atomic E-state index is -1.08. The predicted molar refractivity (Wildman–Crippen MR) is 135 cm³/mol. The summed E-state index contributed by atoms with van der Waals surface area (Å²) in [6, 6.07) is 13.9. The van der Waals surface area contributed by atoms with Crippen LogP contribution >= 0.6 is 0 Å². The number of benzene rings is 2. The lowest BCUT2D eigenvalue weighted by Crippen LogP contribution is -2.49. The van der Waals surface area contributed by atoms with E-state index < -0.39 is 29.7 Å². The molecule has 1 unspecified atom stereocenters. The zero-order chi connectivity index (χ0) is 26.0. The smallest absolute Gasteiger partial charge is 0.411 e. The molecular formula is C28H34N2O6. The maximum absolute atomic E-state index is 13.2. The Labute approximate surface area is 211 Å². The van der Waals surface area contributed by atoms with Crippen LogP contribution in [0.4, 0.5) is 9.59 Å². The van der Waals surface area contributed by atoms with E-state index in [1.165, 1.54) is 12.0 Å². The van der Waals surface area contributed by atoms with Crippen LogP contribution in [-0.4, -0.2) is 64.9 Å². The number of carboxylic acid groups (broad SMARTS) is 1. The van der Waals surface area contributed by atoms with Crippen LogP contribution in [0.3, 0.4) is 0 Å². The summed E-state index contributed by atoms with van der Waals surface area (Å²) >= 11 is 0. The van der Waals surface area contributed by atoms with Crippen molar-refractivity contribution in [1.82, 2.24) is 9.80 Å². The molecule has 1 heterocycles. The molecule has 2 aliphatic rings. The Morgan fingerprint density at radius 2 is 1.53 bits per heavy atom. The number of aliphatic carboxylic acids is 1. The topological polar surface area (TPSA) is 96.4 Å². The summed E-state index contributed by atoms with van der Waals surface area (Å²) in [7, 11) is 1.28. The van der Waals surface area contributed by atoms with Gasteiger partial charge in [0.1, 0.15) is 11.6 Å². The number of amides is 2. The summed E-state index contributed by atoms with van der Waals surface area (Å²) < 4.78 is 10.6. The number of hydrogen-bond acceptors (Lipinski definition) is 5. The zero-order valence-electron chi connectivity index (χ0n) is 21.3. The molecule has 1 N–H and O–H groups in total. The number of nitrogens with zero attached hydrogens (tertiary/aromatic N) is 2. The molecule has 36 heavy (non-hydrogen) atoms. The Kier molecular flexibility index (Phi) is 7.24. The standard InChI is InChI=1S/C28H34N2O6/c1-28(2,3)36-26(33)29-15-13-18(14-16-29)17-23(25(31)32)30(27(34)35-4)24-21-11-7-5-9-19(21)20-10-6-8-12-22(20)24/h5-12,18,23-24H,13-17H2,1-4H3,(H,31,32). The normalized spacial score (nSPS) is 16.6. The van der Waals surface area contributed by atoms with Crippen molar-refractivity contribution >= 4 is 18.2 Å². The number of rotatable bonds is 5. The van der Waals surface area contributed by atoms with E-state index in [1.807, 2.05) is 69.3 Å². The van der Waals surface area contributed by atoms with Crippen LogP contribution in [0.2, 0.25) is 0 Å². The lowest BCUT2D eigenvalue weighted by Gasteiger charge is -2.38. The molecule has 0 aromatic heterocycles. The number of ether oxygens (including phenoxy) is 2. The van der Waals surface area contributed by atoms with Crippen LogP contribution in [0.1, 0.15) is 57.2 Å². The van der Waals surface area contributed by atoms with Crippen LogP contribution in [0, 0.1) is 5.92 Å². The summed E-state index contributed by atoms with van der Waals surface area (Å²) in [6.45, 7) is 6.46. The second kappa shape index (κ2) is 10.2. The first-order valence-corrected chi connectivity index (χ1v) is 12.4. The van der Waals surface area contributed by atoms with Crippen molar-refractivity contribution in [2.45, 2.75) is 57.7 Å². The third-order valence-electron chi connectivity index (χ3n) is 6.91. The van der Waals surface area contributed by atoms with Gasteiger partial charge in [-0.1, -0.05) is 48.5 Å². The van der Waals surface area contributed by atoms with E-state index in [9.17, 15) is 19.5 Å². The van der Waals surface area contributed by atoms with Crippen LogP contribution in [0.25, 0.3) is 11.1 Å². The average molecular weight is 495 g/mol. The number of likely N-dealkylation sites (tertiary alicyclic amines) is 1. The highest BCUT2D eigenvalue weighted by atomic mass is 16.6. The molecule has 1 aliphatic carbocycles. The van der Waals surface area contributed by atoms with Crippen molar-refractivity contribution in [3.8, 4) is 11.1 Å². The van der Waals surface area contributed by atoms with Gasteiger partial charge in [-0.25, -0.2) is 14.4 Å². The van der Waals surface area contributed by atoms with E-state index in [-0.39, 0.29) is 18.4 Å². The van der Waals surface area contributed by atoms with Gasteiger partial charge in [-0.15, -0.1) is 0 Å². The average Bonchev–Trinajstić information content (AvgIpc) is 3.17. The molecule has 1 aliphatic heterocycles. The Balaban J connectivity index is 1.58. The maximum Gasteiger partial charge on any atom is 0.411 e. The molecular weight excluding hydrogens is 460 g/mol. The first-order valence-electron chi connectivity index (χ1n) is 12.4. The minimum Gasteiger partial charge on any atom is -0.480 e. The largest absolute Gasteiger partial charge is 0.480 e. The maximum atomic E-state index is 13.2. The van der Waals surface area contributed by atoms with Gasteiger partial charge in [0.15, 0.2) is 0 Å². The number of piperidine rings is 1. The van der Waals surface area contributed by atoms with Gasteiger partial charge >= 0.3 is 18.2 Å². The minimum absolute atomic E-state index is 0.0313. The molecule has 1 saturated heterocycles. The summed E-state index contributed by atoms with van der Waals surface area (Å²) in [6.07, 6.45) is 0.510. The van der Waals surface area contributed by atoms with Crippen LogP contribution in [0.15, 0.2) is 48.5 Å². The second-order valence-corrected chi connectivity index (χ2v) is 10.5. The molecule has 4 rings (SSSR count). The third-order valence-corrected chi connectivity index (χ3v) is 6.91. The lowest BCUT2D eigenvalue weighted by molar-refractivity contribution is -0.144. The SMILES string of the molecule is COC(=O)N(C(CC1CCN(C(=O)OC(C)(C)C)CC1)C(=O)O)C1c2ccccc2-c2ccccc21. The van der Waals surface area contributed by atoms with Gasteiger partial charge in [0.25, 0.3) is 0 Å². The Morgan fingerprint density at radius 3 is 2.00 bits per heavy atom. The monoisotopic (exact) mass is 494 g/mol. The van der Waals surface area contributed by atoms with E-state index in [0.717, 1.165) is 22.3 Å². The molecule has 0 radical (unpaired) electrons. The number of carbonyl (C=O) groups is 3. The van der Waals surface area contributed by atoms with Crippen molar-refractivity contribution < 1.29 is 29.0 Å². The van der Waals surface area contributed by atoms with Crippen molar-refractivity contribution in [1.29, 1.82) is 0 Å². The van der Waals surface area contributed by atoms with E-state index >= 15 is 0 Å². The molecule has 8 heteroatoms. The van der Waals surface area contributed by atoms with Crippen molar-refractivity contribution in [3.63, 3.8) is 0 Å². The van der Waals surface area contributed by atoms with Gasteiger partial charge in [0.2, 0.25) is 0 Å². The Hall–Kier alpha value is -3.55. The van der Waals surface area contributed by atoms with Crippen LogP contribution < -0.4 is 0 Å². The van der Waals surface area contributed by atoms with Gasteiger partial charge in [-0.2, -0.15) is 0 Å². The summed E-state index contributed by atoms with van der Waals surface area (Å²) in [5.74, 6) is -1.04. The van der Waals surface area contributed by atoms with Crippen molar-refractivity contribution in [2.24, 2.45) is 5.92 Å². The van der Waals surface area contributed by atoms with Crippen molar-refractivity contribution in [3.05, 3.63) is 59.7 Å². The first kappa shape index (κ1) is 25.5. The van der Waals surface area contributed by atoms with Gasteiger partial charge in [0, 0.05) is 13.1 Å². The number of hydrogen-bond donors (Lipinski definition) is 1. The fraction of sp³-hybridized carbons (Fsp3) is 0.464. The first-order chi connectivity index (χ1) is 17.1. The molecule has 2 amide bonds. The van der Waals surface area contributed by atoms with Gasteiger partial charge in [0.05, 0.1) is 13.2 Å². The van der Waals surface area contributed by atoms with Crippen molar-refractivity contribution in [2.75, 3.05) is 20.2 Å². The molecule has 0 spiro atoms. The Morgan fingerprint density at radius 1 is 1.00 bits per heavy atom. The van der Waals surface area contributed by atoms with Gasteiger partial charge in [-0.05, 0) is 68.2 Å². The van der Waals surface area contributed by atoms with Crippen LogP contribution in [-0.2, 0) is 14.3 Å². The van der Waals surface area contributed by atoms with Gasteiger partial charge in [-0.3, -0.25) is 4.90 Å². The molecule has 0 bridgehead atoms. The molecule has 1 fully saturated rings. The third kappa shape index (κ3) is 5.17. The van der Waals surface area contributed by atoms with E-state index in [4.69, 9.17) is 9.47 Å². The molecule has 192 valence electrons. The lowest BCUT2D eigenvalue weighted by atomic mass is 9.88. The highest BCUT2D eigenvalue weighted by Crippen LogP contribution is 2.47. The highest BCUT2D eigenvalue weighted by Gasteiger charge is 2.43. The molecule has 2 aromatic carbocycles. The summed E-state index contributed by atoms with van der Waals surface area (Å²) in [5, 5.41) is 10.3.